The van der Waals surface area contributed by atoms with Crippen LogP contribution < -0.4 is 9.80 Å². The van der Waals surface area contributed by atoms with E-state index in [0.717, 1.165) is 24.2 Å². The highest BCUT2D eigenvalue weighted by Gasteiger charge is 2.31. The number of carbonyl (C=O) groups is 2. The van der Waals surface area contributed by atoms with Crippen molar-refractivity contribution in [3.8, 4) is 0 Å². The number of benzene rings is 2. The molecule has 2 aromatic rings. The van der Waals surface area contributed by atoms with Crippen LogP contribution in [-0.2, 0) is 19.4 Å². The van der Waals surface area contributed by atoms with E-state index >= 15 is 0 Å². The SMILES string of the molecule is CCN(CC)c1ccc(C(=O)OCC(=O)N(c2ccccc2)C2C=CS(=O)(=O)C2)cc1. The summed E-state index contributed by atoms with van der Waals surface area (Å²) in [4.78, 5) is 28.9. The van der Waals surface area contributed by atoms with Crippen molar-refractivity contribution in [3.63, 3.8) is 0 Å². The quantitative estimate of drug-likeness (QED) is 0.585. The van der Waals surface area contributed by atoms with E-state index in [-0.39, 0.29) is 5.75 Å². The third kappa shape index (κ3) is 5.52. The fraction of sp³-hybridized carbons (Fsp3) is 0.304. The van der Waals surface area contributed by atoms with Gasteiger partial charge in [-0.3, -0.25) is 4.79 Å². The average Bonchev–Trinajstić information content (AvgIpc) is 3.13. The predicted molar refractivity (Wildman–Crippen MR) is 121 cm³/mol. The normalized spacial score (nSPS) is 16.6. The molecule has 0 bridgehead atoms. The summed E-state index contributed by atoms with van der Waals surface area (Å²) in [7, 11) is -3.36. The van der Waals surface area contributed by atoms with Gasteiger partial charge in [-0.2, -0.15) is 0 Å². The zero-order valence-corrected chi connectivity index (χ0v) is 18.4. The third-order valence-corrected chi connectivity index (χ3v) is 6.48. The van der Waals surface area contributed by atoms with Crippen molar-refractivity contribution in [2.75, 3.05) is 35.2 Å². The molecule has 8 heteroatoms. The topological polar surface area (TPSA) is 84.0 Å². The molecule has 0 fully saturated rings. The largest absolute Gasteiger partial charge is 0.452 e. The van der Waals surface area contributed by atoms with Crippen molar-refractivity contribution >= 4 is 33.1 Å². The molecule has 1 aliphatic heterocycles. The van der Waals surface area contributed by atoms with Gasteiger partial charge in [-0.1, -0.05) is 18.2 Å². The Labute approximate surface area is 182 Å². The maximum absolute atomic E-state index is 12.9. The average molecular weight is 443 g/mol. The fourth-order valence-corrected chi connectivity index (χ4v) is 4.77. The number of hydrogen-bond donors (Lipinski definition) is 0. The lowest BCUT2D eigenvalue weighted by atomic mass is 10.2. The summed E-state index contributed by atoms with van der Waals surface area (Å²) in [6, 6.07) is 15.1. The number of amides is 1. The van der Waals surface area contributed by atoms with E-state index < -0.39 is 34.4 Å². The third-order valence-electron chi connectivity index (χ3n) is 5.10. The lowest BCUT2D eigenvalue weighted by Gasteiger charge is -2.27. The minimum Gasteiger partial charge on any atom is -0.452 e. The number of ether oxygens (including phenoxy) is 1. The highest BCUT2D eigenvalue weighted by molar-refractivity contribution is 7.94. The molecule has 1 amide bonds. The van der Waals surface area contributed by atoms with Gasteiger partial charge < -0.3 is 14.5 Å². The number of anilines is 2. The van der Waals surface area contributed by atoms with Crippen LogP contribution in [0.3, 0.4) is 0 Å². The first kappa shape index (κ1) is 22.6. The molecular formula is C23H26N2O5S. The molecule has 0 N–H and O–H groups in total. The molecule has 164 valence electrons. The molecule has 1 heterocycles. The van der Waals surface area contributed by atoms with Crippen LogP contribution in [0.2, 0.25) is 0 Å². The Morgan fingerprint density at radius 3 is 2.16 bits per heavy atom. The first-order chi connectivity index (χ1) is 14.8. The molecule has 0 radical (unpaired) electrons. The van der Waals surface area contributed by atoms with Crippen molar-refractivity contribution < 1.29 is 22.7 Å². The molecule has 0 aromatic heterocycles. The van der Waals surface area contributed by atoms with Crippen LogP contribution in [0, 0.1) is 0 Å². The van der Waals surface area contributed by atoms with Crippen LogP contribution in [-0.4, -0.2) is 51.8 Å². The maximum atomic E-state index is 12.9. The van der Waals surface area contributed by atoms with Gasteiger partial charge in [-0.15, -0.1) is 0 Å². The minimum atomic E-state index is -3.36. The van der Waals surface area contributed by atoms with E-state index in [9.17, 15) is 18.0 Å². The standard InChI is InChI=1S/C23H26N2O5S/c1-3-24(4-2)19-12-10-18(11-13-19)23(27)30-16-22(26)25(20-8-6-5-7-9-20)21-14-15-31(28,29)17-21/h5-15,21H,3-4,16-17H2,1-2H3. The lowest BCUT2D eigenvalue weighted by molar-refractivity contribution is -0.121. The summed E-state index contributed by atoms with van der Waals surface area (Å²) in [6.07, 6.45) is 1.48. The first-order valence-corrected chi connectivity index (χ1v) is 11.9. The Morgan fingerprint density at radius 2 is 1.61 bits per heavy atom. The molecule has 1 atom stereocenters. The summed E-state index contributed by atoms with van der Waals surface area (Å²) in [5, 5.41) is 1.12. The van der Waals surface area contributed by atoms with Gasteiger partial charge in [0.25, 0.3) is 5.91 Å². The molecule has 7 nitrogen and oxygen atoms in total. The number of para-hydroxylation sites is 1. The van der Waals surface area contributed by atoms with E-state index in [2.05, 4.69) is 18.7 Å². The molecule has 0 saturated heterocycles. The van der Waals surface area contributed by atoms with Crippen molar-refractivity contribution in [3.05, 3.63) is 71.6 Å². The zero-order chi connectivity index (χ0) is 22.4. The Kier molecular flexibility index (Phi) is 7.12. The molecule has 3 rings (SSSR count). The number of sulfone groups is 1. The van der Waals surface area contributed by atoms with Crippen LogP contribution in [0.5, 0.6) is 0 Å². The number of rotatable bonds is 8. The molecule has 0 spiro atoms. The van der Waals surface area contributed by atoms with Crippen LogP contribution in [0.25, 0.3) is 0 Å². The molecule has 2 aromatic carbocycles. The molecule has 0 saturated carbocycles. The zero-order valence-electron chi connectivity index (χ0n) is 17.6. The second-order valence-corrected chi connectivity index (χ2v) is 9.05. The summed E-state index contributed by atoms with van der Waals surface area (Å²) in [5.41, 5.74) is 1.89. The predicted octanol–water partition coefficient (Wildman–Crippen LogP) is 3.03. The van der Waals surface area contributed by atoms with Gasteiger partial charge in [0.15, 0.2) is 16.4 Å². The van der Waals surface area contributed by atoms with Crippen molar-refractivity contribution in [2.24, 2.45) is 0 Å². The van der Waals surface area contributed by atoms with E-state index in [1.807, 2.05) is 12.1 Å². The number of carbonyl (C=O) groups excluding carboxylic acids is 2. The summed E-state index contributed by atoms with van der Waals surface area (Å²) in [6.45, 7) is 5.34. The first-order valence-electron chi connectivity index (χ1n) is 10.1. The van der Waals surface area contributed by atoms with Crippen molar-refractivity contribution in [1.82, 2.24) is 0 Å². The van der Waals surface area contributed by atoms with E-state index in [1.165, 1.54) is 11.0 Å². The van der Waals surface area contributed by atoms with Crippen LogP contribution >= 0.6 is 0 Å². The van der Waals surface area contributed by atoms with Crippen molar-refractivity contribution in [2.45, 2.75) is 19.9 Å². The lowest BCUT2D eigenvalue weighted by Crippen LogP contribution is -2.43. The highest BCUT2D eigenvalue weighted by Crippen LogP contribution is 2.23. The van der Waals surface area contributed by atoms with Crippen LogP contribution in [0.1, 0.15) is 24.2 Å². The highest BCUT2D eigenvalue weighted by atomic mass is 32.2. The Morgan fingerprint density at radius 1 is 0.968 bits per heavy atom. The van der Waals surface area contributed by atoms with Crippen LogP contribution in [0.4, 0.5) is 11.4 Å². The van der Waals surface area contributed by atoms with E-state index in [4.69, 9.17) is 4.74 Å². The monoisotopic (exact) mass is 442 g/mol. The molecule has 1 unspecified atom stereocenters. The van der Waals surface area contributed by atoms with Gasteiger partial charge in [0.1, 0.15) is 0 Å². The van der Waals surface area contributed by atoms with Gasteiger partial charge in [0.05, 0.1) is 17.4 Å². The van der Waals surface area contributed by atoms with E-state index in [0.29, 0.717) is 11.3 Å². The summed E-state index contributed by atoms with van der Waals surface area (Å²) in [5.74, 6) is -1.30. The summed E-state index contributed by atoms with van der Waals surface area (Å²) >= 11 is 0. The van der Waals surface area contributed by atoms with Gasteiger partial charge in [-0.05, 0) is 56.3 Å². The Hall–Kier alpha value is -3.13. The fourth-order valence-electron chi connectivity index (χ4n) is 3.51. The van der Waals surface area contributed by atoms with Gasteiger partial charge in [-0.25, -0.2) is 13.2 Å². The smallest absolute Gasteiger partial charge is 0.338 e. The van der Waals surface area contributed by atoms with Gasteiger partial charge in [0, 0.05) is 29.9 Å². The molecular weight excluding hydrogens is 416 g/mol. The van der Waals surface area contributed by atoms with Crippen molar-refractivity contribution in [1.29, 1.82) is 0 Å². The minimum absolute atomic E-state index is 0.200. The number of esters is 1. The maximum Gasteiger partial charge on any atom is 0.338 e. The number of nitrogens with zero attached hydrogens (tertiary/aromatic N) is 2. The second kappa shape index (κ2) is 9.78. The number of hydrogen-bond acceptors (Lipinski definition) is 6. The molecule has 31 heavy (non-hydrogen) atoms. The molecule has 1 aliphatic rings. The Bertz CT molecular complexity index is 1050. The second-order valence-electron chi connectivity index (χ2n) is 7.12. The Balaban J connectivity index is 1.69. The van der Waals surface area contributed by atoms with Crippen LogP contribution in [0.15, 0.2) is 66.1 Å². The van der Waals surface area contributed by atoms with Gasteiger partial charge >= 0.3 is 5.97 Å². The van der Waals surface area contributed by atoms with Gasteiger partial charge in [0.2, 0.25) is 0 Å². The van der Waals surface area contributed by atoms with E-state index in [1.54, 1.807) is 42.5 Å². The molecule has 0 aliphatic carbocycles. The summed E-state index contributed by atoms with van der Waals surface area (Å²) < 4.78 is 29.0.